The van der Waals surface area contributed by atoms with Crippen molar-refractivity contribution in [2.45, 2.75) is 12.8 Å². The quantitative estimate of drug-likeness (QED) is 0.687. The van der Waals surface area contributed by atoms with Crippen molar-refractivity contribution in [3.05, 3.63) is 42.9 Å². The van der Waals surface area contributed by atoms with E-state index in [9.17, 15) is 4.79 Å². The second kappa shape index (κ2) is 6.07. The molecule has 0 bridgehead atoms. The molecular formula is C20H21N5OS. The van der Waals surface area contributed by atoms with E-state index in [-0.39, 0.29) is 11.8 Å². The zero-order valence-corrected chi connectivity index (χ0v) is 16.0. The van der Waals surface area contributed by atoms with Crippen molar-refractivity contribution in [3.63, 3.8) is 0 Å². The van der Waals surface area contributed by atoms with E-state index < -0.39 is 0 Å². The maximum Gasteiger partial charge on any atom is 0.228 e. The molecule has 5 rings (SSSR count). The van der Waals surface area contributed by atoms with Crippen molar-refractivity contribution in [2.75, 3.05) is 18.4 Å². The van der Waals surface area contributed by atoms with E-state index in [0.717, 1.165) is 47.8 Å². The van der Waals surface area contributed by atoms with Crippen molar-refractivity contribution in [1.82, 2.24) is 19.1 Å². The number of amides is 1. The predicted molar refractivity (Wildman–Crippen MR) is 108 cm³/mol. The number of hydrogen-bond acceptors (Lipinski definition) is 5. The van der Waals surface area contributed by atoms with Gasteiger partial charge in [0, 0.05) is 49.4 Å². The SMILES string of the molecule is Cn1cc(-c2ccc3cnc(NC(=O)C4CC5(C4)CN(S)C5)cc3c2)cn1. The highest BCUT2D eigenvalue weighted by molar-refractivity contribution is 7.77. The van der Waals surface area contributed by atoms with Crippen LogP contribution in [0.25, 0.3) is 21.9 Å². The summed E-state index contributed by atoms with van der Waals surface area (Å²) < 4.78 is 3.80. The molecule has 0 radical (unpaired) electrons. The van der Waals surface area contributed by atoms with E-state index in [0.29, 0.717) is 11.2 Å². The first-order valence-electron chi connectivity index (χ1n) is 9.13. The van der Waals surface area contributed by atoms with E-state index in [1.54, 1.807) is 4.68 Å². The Hall–Kier alpha value is -2.38. The van der Waals surface area contributed by atoms with Gasteiger partial charge in [-0.25, -0.2) is 4.98 Å². The Labute approximate surface area is 163 Å². The van der Waals surface area contributed by atoms with E-state index >= 15 is 0 Å². The first-order chi connectivity index (χ1) is 13.0. The van der Waals surface area contributed by atoms with Crippen LogP contribution in [0.2, 0.25) is 0 Å². The average Bonchev–Trinajstić information content (AvgIpc) is 3.02. The summed E-state index contributed by atoms with van der Waals surface area (Å²) >= 11 is 4.34. The predicted octanol–water partition coefficient (Wildman–Crippen LogP) is 3.13. The molecule has 27 heavy (non-hydrogen) atoms. The van der Waals surface area contributed by atoms with Gasteiger partial charge in [-0.1, -0.05) is 24.9 Å². The smallest absolute Gasteiger partial charge is 0.228 e. The summed E-state index contributed by atoms with van der Waals surface area (Å²) in [4.78, 5) is 16.9. The van der Waals surface area contributed by atoms with Gasteiger partial charge < -0.3 is 5.32 Å². The van der Waals surface area contributed by atoms with E-state index in [2.05, 4.69) is 40.3 Å². The van der Waals surface area contributed by atoms with Crippen LogP contribution in [0, 0.1) is 11.3 Å². The number of nitrogens with zero attached hydrogens (tertiary/aromatic N) is 4. The van der Waals surface area contributed by atoms with Crippen LogP contribution in [0.3, 0.4) is 0 Å². The van der Waals surface area contributed by atoms with Crippen LogP contribution in [0.5, 0.6) is 0 Å². The highest BCUT2D eigenvalue weighted by Crippen LogP contribution is 2.52. The zero-order valence-electron chi connectivity index (χ0n) is 15.1. The Morgan fingerprint density at radius 3 is 2.70 bits per heavy atom. The van der Waals surface area contributed by atoms with Crippen LogP contribution in [0.4, 0.5) is 5.82 Å². The molecule has 1 saturated heterocycles. The second-order valence-electron chi connectivity index (χ2n) is 7.95. The molecule has 1 saturated carbocycles. The normalized spacial score (nSPS) is 19.0. The summed E-state index contributed by atoms with van der Waals surface area (Å²) in [5, 5.41) is 9.33. The van der Waals surface area contributed by atoms with Crippen molar-refractivity contribution < 1.29 is 4.79 Å². The van der Waals surface area contributed by atoms with Crippen molar-refractivity contribution in [1.29, 1.82) is 0 Å². The number of aromatic nitrogens is 3. The molecule has 7 heteroatoms. The first kappa shape index (κ1) is 16.8. The fourth-order valence-corrected chi connectivity index (χ4v) is 4.94. The summed E-state index contributed by atoms with van der Waals surface area (Å²) in [5.41, 5.74) is 2.50. The molecule has 1 spiro atoms. The van der Waals surface area contributed by atoms with Crippen LogP contribution in [-0.4, -0.2) is 38.1 Å². The van der Waals surface area contributed by atoms with Gasteiger partial charge >= 0.3 is 0 Å². The summed E-state index contributed by atoms with van der Waals surface area (Å²) in [7, 11) is 1.91. The van der Waals surface area contributed by atoms with Gasteiger partial charge in [-0.05, 0) is 41.3 Å². The highest BCUT2D eigenvalue weighted by atomic mass is 32.1. The third-order valence-electron chi connectivity index (χ3n) is 5.78. The second-order valence-corrected chi connectivity index (χ2v) is 8.52. The third-order valence-corrected chi connectivity index (χ3v) is 6.06. The zero-order chi connectivity index (χ0) is 18.6. The van der Waals surface area contributed by atoms with Crippen molar-refractivity contribution in [2.24, 2.45) is 18.4 Å². The lowest BCUT2D eigenvalue weighted by Crippen LogP contribution is -2.60. The molecule has 1 aromatic carbocycles. The van der Waals surface area contributed by atoms with Gasteiger partial charge in [-0.3, -0.25) is 13.8 Å². The number of pyridine rings is 1. The van der Waals surface area contributed by atoms with E-state index in [1.165, 1.54) is 0 Å². The molecule has 1 aliphatic heterocycles. The summed E-state index contributed by atoms with van der Waals surface area (Å²) in [6.07, 6.45) is 7.56. The number of anilines is 1. The van der Waals surface area contributed by atoms with Gasteiger partial charge in [0.25, 0.3) is 0 Å². The molecule has 1 amide bonds. The summed E-state index contributed by atoms with van der Waals surface area (Å²) in [6.45, 7) is 1.98. The van der Waals surface area contributed by atoms with E-state index in [4.69, 9.17) is 0 Å². The monoisotopic (exact) mass is 379 g/mol. The number of aryl methyl sites for hydroxylation is 1. The number of rotatable bonds is 3. The first-order valence-corrected chi connectivity index (χ1v) is 9.53. The largest absolute Gasteiger partial charge is 0.310 e. The van der Waals surface area contributed by atoms with Crippen LogP contribution in [0.15, 0.2) is 42.9 Å². The number of nitrogens with one attached hydrogen (secondary N) is 1. The highest BCUT2D eigenvalue weighted by Gasteiger charge is 2.53. The number of thiol groups is 1. The molecule has 1 N–H and O–H groups in total. The number of fused-ring (bicyclic) bond motifs is 1. The van der Waals surface area contributed by atoms with Gasteiger partial charge in [0.05, 0.1) is 6.20 Å². The maximum atomic E-state index is 12.5. The average molecular weight is 379 g/mol. The molecule has 2 fully saturated rings. The minimum absolute atomic E-state index is 0.0773. The Morgan fingerprint density at radius 2 is 2.00 bits per heavy atom. The molecule has 138 valence electrons. The minimum Gasteiger partial charge on any atom is -0.310 e. The third kappa shape index (κ3) is 3.00. The number of hydrogen-bond donors (Lipinski definition) is 2. The summed E-state index contributed by atoms with van der Waals surface area (Å²) in [6, 6.07) is 8.17. The Bertz CT molecular complexity index is 1030. The Morgan fingerprint density at radius 1 is 1.19 bits per heavy atom. The lowest BCUT2D eigenvalue weighted by atomic mass is 9.58. The topological polar surface area (TPSA) is 63.1 Å². The Balaban J connectivity index is 1.32. The molecular weight excluding hydrogens is 358 g/mol. The molecule has 6 nitrogen and oxygen atoms in total. The molecule has 3 heterocycles. The van der Waals surface area contributed by atoms with Crippen molar-refractivity contribution >= 4 is 35.3 Å². The molecule has 2 aromatic heterocycles. The molecule has 0 atom stereocenters. The fourth-order valence-electron chi connectivity index (χ4n) is 4.34. The fraction of sp³-hybridized carbons (Fsp3) is 0.350. The number of carbonyl (C=O) groups is 1. The van der Waals surface area contributed by atoms with Gasteiger partial charge in [0.15, 0.2) is 0 Å². The number of carbonyl (C=O) groups excluding carboxylic acids is 1. The van der Waals surface area contributed by atoms with Crippen LogP contribution >= 0.6 is 12.8 Å². The summed E-state index contributed by atoms with van der Waals surface area (Å²) in [5.74, 6) is 0.779. The standard InChI is InChI=1S/C20H21N5OS/c1-24-10-17(9-22-24)13-2-3-14-8-21-18(5-15(14)4-13)23-19(26)16-6-20(7-16)11-25(27)12-20/h2-5,8-10,16,27H,6-7,11-12H2,1H3,(H,21,23,26). The molecule has 0 unspecified atom stereocenters. The van der Waals surface area contributed by atoms with Gasteiger partial charge in [-0.15, -0.1) is 0 Å². The van der Waals surface area contributed by atoms with Gasteiger partial charge in [0.2, 0.25) is 5.91 Å². The van der Waals surface area contributed by atoms with E-state index in [1.807, 2.05) is 42.1 Å². The maximum absolute atomic E-state index is 12.5. The lowest BCUT2D eigenvalue weighted by Gasteiger charge is -2.56. The van der Waals surface area contributed by atoms with Crippen LogP contribution < -0.4 is 5.32 Å². The minimum atomic E-state index is 0.0773. The lowest BCUT2D eigenvalue weighted by molar-refractivity contribution is -0.132. The van der Waals surface area contributed by atoms with Crippen molar-refractivity contribution in [3.8, 4) is 11.1 Å². The van der Waals surface area contributed by atoms with Crippen LogP contribution in [-0.2, 0) is 11.8 Å². The Kier molecular flexibility index (Phi) is 3.77. The van der Waals surface area contributed by atoms with Gasteiger partial charge in [-0.2, -0.15) is 5.10 Å². The molecule has 3 aromatic rings. The number of benzene rings is 1. The molecule has 2 aliphatic rings. The van der Waals surface area contributed by atoms with Gasteiger partial charge in [0.1, 0.15) is 5.82 Å². The van der Waals surface area contributed by atoms with Crippen LogP contribution in [0.1, 0.15) is 12.8 Å². The molecule has 1 aliphatic carbocycles.